The fraction of sp³-hybridized carbons (Fsp3) is 0.667. The Morgan fingerprint density at radius 1 is 1.42 bits per heavy atom. The molecule has 0 atom stereocenters. The second-order valence-corrected chi connectivity index (χ2v) is 3.23. The van der Waals surface area contributed by atoms with Gasteiger partial charge in [0.1, 0.15) is 0 Å². The van der Waals surface area contributed by atoms with Crippen molar-refractivity contribution in [3.63, 3.8) is 0 Å². The molecular weight excluding hydrogens is 178 g/mol. The molecule has 1 fully saturated rings. The van der Waals surface area contributed by atoms with E-state index in [0.29, 0.717) is 19.0 Å². The quantitative estimate of drug-likeness (QED) is 0.674. The molecule has 2 heterocycles. The zero-order valence-electron chi connectivity index (χ0n) is 6.43. The third-order valence-electron chi connectivity index (χ3n) is 1.76. The predicted octanol–water partition coefficient (Wildman–Crippen LogP) is 0.0803. The molecule has 1 aromatic rings. The SMILES string of the molecule is Oc1snnc1N1CCOCC1. The summed E-state index contributed by atoms with van der Waals surface area (Å²) >= 11 is 1.01. The van der Waals surface area contributed by atoms with Gasteiger partial charge in [-0.1, -0.05) is 4.49 Å². The Balaban J connectivity index is 2.13. The third kappa shape index (κ3) is 1.35. The van der Waals surface area contributed by atoms with Crippen LogP contribution in [0.2, 0.25) is 0 Å². The van der Waals surface area contributed by atoms with Gasteiger partial charge >= 0.3 is 0 Å². The van der Waals surface area contributed by atoms with Crippen LogP contribution in [0.15, 0.2) is 0 Å². The molecule has 1 aromatic heterocycles. The summed E-state index contributed by atoms with van der Waals surface area (Å²) in [6, 6.07) is 0. The van der Waals surface area contributed by atoms with Gasteiger partial charge in [-0.15, -0.1) is 5.10 Å². The van der Waals surface area contributed by atoms with Crippen molar-refractivity contribution in [2.45, 2.75) is 0 Å². The van der Waals surface area contributed by atoms with Crippen LogP contribution in [-0.4, -0.2) is 41.0 Å². The first-order valence-corrected chi connectivity index (χ1v) is 4.49. The van der Waals surface area contributed by atoms with Crippen molar-refractivity contribution in [1.82, 2.24) is 9.59 Å². The summed E-state index contributed by atoms with van der Waals surface area (Å²) in [4.78, 5) is 1.97. The van der Waals surface area contributed by atoms with Gasteiger partial charge in [-0.3, -0.25) is 0 Å². The number of nitrogens with zero attached hydrogens (tertiary/aromatic N) is 3. The Kier molecular flexibility index (Phi) is 2.09. The minimum absolute atomic E-state index is 0.192. The van der Waals surface area contributed by atoms with E-state index >= 15 is 0 Å². The smallest absolute Gasteiger partial charge is 0.236 e. The third-order valence-corrected chi connectivity index (χ3v) is 2.28. The van der Waals surface area contributed by atoms with Gasteiger partial charge in [-0.25, -0.2) is 0 Å². The van der Waals surface area contributed by atoms with Crippen LogP contribution in [0.5, 0.6) is 5.06 Å². The topological polar surface area (TPSA) is 58.5 Å². The number of aromatic hydroxyl groups is 1. The Bertz CT molecular complexity index is 259. The van der Waals surface area contributed by atoms with Gasteiger partial charge in [0.15, 0.2) is 0 Å². The van der Waals surface area contributed by atoms with E-state index < -0.39 is 0 Å². The van der Waals surface area contributed by atoms with Crippen LogP contribution < -0.4 is 4.90 Å². The van der Waals surface area contributed by atoms with Gasteiger partial charge in [0.05, 0.1) is 13.2 Å². The molecule has 1 N–H and O–H groups in total. The molecule has 2 rings (SSSR count). The van der Waals surface area contributed by atoms with Crippen molar-refractivity contribution in [3.8, 4) is 5.06 Å². The summed E-state index contributed by atoms with van der Waals surface area (Å²) in [7, 11) is 0. The van der Waals surface area contributed by atoms with Crippen molar-refractivity contribution in [2.24, 2.45) is 0 Å². The Hall–Kier alpha value is -0.880. The molecule has 6 heteroatoms. The van der Waals surface area contributed by atoms with E-state index in [1.54, 1.807) is 0 Å². The maximum Gasteiger partial charge on any atom is 0.236 e. The second-order valence-electron chi connectivity index (χ2n) is 2.50. The molecule has 0 aromatic carbocycles. The van der Waals surface area contributed by atoms with Crippen LogP contribution in [0.4, 0.5) is 5.82 Å². The predicted molar refractivity (Wildman–Crippen MR) is 44.6 cm³/mol. The van der Waals surface area contributed by atoms with Gasteiger partial charge in [0.25, 0.3) is 0 Å². The summed E-state index contributed by atoms with van der Waals surface area (Å²) in [5.74, 6) is 0.586. The van der Waals surface area contributed by atoms with E-state index in [-0.39, 0.29) is 5.06 Å². The summed E-state index contributed by atoms with van der Waals surface area (Å²) in [6.07, 6.45) is 0. The van der Waals surface area contributed by atoms with E-state index in [9.17, 15) is 5.11 Å². The Morgan fingerprint density at radius 2 is 2.17 bits per heavy atom. The number of rotatable bonds is 1. The number of hydrogen-bond donors (Lipinski definition) is 1. The average molecular weight is 187 g/mol. The molecule has 0 spiro atoms. The lowest BCUT2D eigenvalue weighted by Gasteiger charge is -2.26. The van der Waals surface area contributed by atoms with Gasteiger partial charge in [0, 0.05) is 24.6 Å². The molecule has 5 nitrogen and oxygen atoms in total. The van der Waals surface area contributed by atoms with E-state index in [1.807, 2.05) is 4.90 Å². The van der Waals surface area contributed by atoms with Gasteiger partial charge in [0.2, 0.25) is 10.9 Å². The highest BCUT2D eigenvalue weighted by Crippen LogP contribution is 2.27. The van der Waals surface area contributed by atoms with E-state index in [1.165, 1.54) is 0 Å². The number of hydrogen-bond acceptors (Lipinski definition) is 6. The van der Waals surface area contributed by atoms with Crippen molar-refractivity contribution in [3.05, 3.63) is 0 Å². The molecular formula is C6H9N3O2S. The molecule has 0 saturated carbocycles. The van der Waals surface area contributed by atoms with E-state index in [2.05, 4.69) is 9.59 Å². The molecule has 66 valence electrons. The van der Waals surface area contributed by atoms with Crippen LogP contribution in [0.1, 0.15) is 0 Å². The molecule has 1 saturated heterocycles. The molecule has 0 unspecified atom stereocenters. The maximum atomic E-state index is 9.31. The minimum Gasteiger partial charge on any atom is -0.496 e. The number of anilines is 1. The first-order valence-electron chi connectivity index (χ1n) is 3.72. The zero-order valence-corrected chi connectivity index (χ0v) is 7.25. The zero-order chi connectivity index (χ0) is 8.39. The highest BCUT2D eigenvalue weighted by Gasteiger charge is 2.17. The van der Waals surface area contributed by atoms with Gasteiger partial charge in [-0.05, 0) is 0 Å². The molecule has 12 heavy (non-hydrogen) atoms. The lowest BCUT2D eigenvalue weighted by molar-refractivity contribution is 0.122. The summed E-state index contributed by atoms with van der Waals surface area (Å²) in [5, 5.41) is 13.3. The summed E-state index contributed by atoms with van der Waals surface area (Å²) < 4.78 is 8.83. The molecule has 0 bridgehead atoms. The lowest BCUT2D eigenvalue weighted by Crippen LogP contribution is -2.36. The molecule has 1 aliphatic rings. The highest BCUT2D eigenvalue weighted by molar-refractivity contribution is 7.07. The van der Waals surface area contributed by atoms with Crippen molar-refractivity contribution >= 4 is 17.4 Å². The number of morpholine rings is 1. The fourth-order valence-electron chi connectivity index (χ4n) is 1.16. The number of aromatic nitrogens is 2. The molecule has 0 amide bonds. The van der Waals surface area contributed by atoms with Crippen LogP contribution in [0.25, 0.3) is 0 Å². The van der Waals surface area contributed by atoms with Crippen molar-refractivity contribution in [1.29, 1.82) is 0 Å². The van der Waals surface area contributed by atoms with E-state index in [4.69, 9.17) is 4.74 Å². The van der Waals surface area contributed by atoms with Crippen molar-refractivity contribution < 1.29 is 9.84 Å². The average Bonchev–Trinajstić information content (AvgIpc) is 2.53. The maximum absolute atomic E-state index is 9.31. The minimum atomic E-state index is 0.192. The van der Waals surface area contributed by atoms with E-state index in [0.717, 1.165) is 24.6 Å². The molecule has 1 aliphatic heterocycles. The Morgan fingerprint density at radius 3 is 2.75 bits per heavy atom. The monoisotopic (exact) mass is 187 g/mol. The highest BCUT2D eigenvalue weighted by atomic mass is 32.1. The van der Waals surface area contributed by atoms with Crippen molar-refractivity contribution in [2.75, 3.05) is 31.2 Å². The molecule has 0 radical (unpaired) electrons. The Labute approximate surface area is 73.7 Å². The normalized spacial score (nSPS) is 18.2. The van der Waals surface area contributed by atoms with Crippen LogP contribution in [0.3, 0.4) is 0 Å². The summed E-state index contributed by atoms with van der Waals surface area (Å²) in [5.41, 5.74) is 0. The second kappa shape index (κ2) is 3.24. The summed E-state index contributed by atoms with van der Waals surface area (Å²) in [6.45, 7) is 2.94. The first-order chi connectivity index (χ1) is 5.88. The fourth-order valence-corrected chi connectivity index (χ4v) is 1.60. The standard InChI is InChI=1S/C6H9N3O2S/c10-6-5(7-8-12-6)9-1-3-11-4-2-9/h10H,1-4H2. The lowest BCUT2D eigenvalue weighted by atomic mass is 10.4. The van der Waals surface area contributed by atoms with Gasteiger partial charge in [-0.2, -0.15) is 0 Å². The van der Waals surface area contributed by atoms with Crippen LogP contribution in [-0.2, 0) is 4.74 Å². The van der Waals surface area contributed by atoms with Crippen LogP contribution >= 0.6 is 11.5 Å². The largest absolute Gasteiger partial charge is 0.496 e. The van der Waals surface area contributed by atoms with Gasteiger partial charge < -0.3 is 14.7 Å². The first kappa shape index (κ1) is 7.75. The number of ether oxygens (including phenoxy) is 1. The molecule has 0 aliphatic carbocycles. The van der Waals surface area contributed by atoms with Crippen LogP contribution in [0, 0.1) is 0 Å².